The van der Waals surface area contributed by atoms with Crippen molar-refractivity contribution in [1.82, 2.24) is 0 Å². The Labute approximate surface area is 107 Å². The normalized spacial score (nSPS) is 35.6. The highest BCUT2D eigenvalue weighted by atomic mass is 79.9. The van der Waals surface area contributed by atoms with Gasteiger partial charge in [0.1, 0.15) is 5.78 Å². The van der Waals surface area contributed by atoms with Crippen LogP contribution in [-0.2, 0) is 4.79 Å². The van der Waals surface area contributed by atoms with Gasteiger partial charge in [-0.05, 0) is 68.2 Å². The van der Waals surface area contributed by atoms with Gasteiger partial charge in [0.25, 0.3) is 0 Å². The van der Waals surface area contributed by atoms with Gasteiger partial charge in [0, 0.05) is 5.92 Å². The molecule has 1 nitrogen and oxygen atoms in total. The number of Topliss-reactive ketones (excluding diaryl/α,β-unsaturated/α-hetero) is 1. The second-order valence-corrected chi connectivity index (χ2v) is 6.43. The lowest BCUT2D eigenvalue weighted by Crippen LogP contribution is -2.25. The first-order valence-corrected chi connectivity index (χ1v) is 7.31. The van der Waals surface area contributed by atoms with Crippen LogP contribution >= 0.6 is 15.9 Å². The lowest BCUT2D eigenvalue weighted by molar-refractivity contribution is -0.122. The van der Waals surface area contributed by atoms with Gasteiger partial charge < -0.3 is 0 Å². The maximum atomic E-state index is 11.3. The zero-order valence-electron chi connectivity index (χ0n) is 10.0. The number of halogens is 1. The Kier molecular flexibility index (Phi) is 4.23. The molecule has 2 heteroatoms. The van der Waals surface area contributed by atoms with E-state index in [1.807, 2.05) is 0 Å². The maximum absolute atomic E-state index is 11.3. The second kappa shape index (κ2) is 5.48. The Hall–Kier alpha value is -0.110. The van der Waals surface area contributed by atoms with Crippen LogP contribution in [0.4, 0.5) is 0 Å². The van der Waals surface area contributed by atoms with Crippen molar-refractivity contribution in [3.63, 3.8) is 0 Å². The molecule has 1 atom stereocenters. The van der Waals surface area contributed by atoms with E-state index in [1.54, 1.807) is 6.92 Å². The van der Waals surface area contributed by atoms with Crippen LogP contribution in [0.5, 0.6) is 0 Å². The minimum Gasteiger partial charge on any atom is -0.300 e. The fraction of sp³-hybridized carbons (Fsp3) is 0.786. The molecule has 0 amide bonds. The van der Waals surface area contributed by atoms with Gasteiger partial charge in [-0.2, -0.15) is 0 Å². The molecular formula is C14H21BrO. The van der Waals surface area contributed by atoms with E-state index >= 15 is 0 Å². The van der Waals surface area contributed by atoms with Crippen molar-refractivity contribution in [3.05, 3.63) is 10.6 Å². The van der Waals surface area contributed by atoms with Crippen molar-refractivity contribution < 1.29 is 4.79 Å². The van der Waals surface area contributed by atoms with Crippen LogP contribution in [0.25, 0.3) is 0 Å². The summed E-state index contributed by atoms with van der Waals surface area (Å²) in [4.78, 5) is 11.3. The highest BCUT2D eigenvalue weighted by Gasteiger charge is 2.29. The largest absolute Gasteiger partial charge is 0.300 e. The van der Waals surface area contributed by atoms with E-state index < -0.39 is 0 Å². The molecule has 0 N–H and O–H groups in total. The first-order chi connectivity index (χ1) is 7.66. The molecule has 2 rings (SSSR count). The summed E-state index contributed by atoms with van der Waals surface area (Å²) in [6, 6.07) is 0. The third kappa shape index (κ3) is 2.97. The van der Waals surface area contributed by atoms with Gasteiger partial charge >= 0.3 is 0 Å². The Morgan fingerprint density at radius 1 is 1.19 bits per heavy atom. The molecule has 0 heterocycles. The molecule has 0 saturated heterocycles. The predicted molar refractivity (Wildman–Crippen MR) is 70.5 cm³/mol. The van der Waals surface area contributed by atoms with Gasteiger partial charge in [-0.15, -0.1) is 0 Å². The van der Waals surface area contributed by atoms with Crippen LogP contribution in [0.1, 0.15) is 51.9 Å². The minimum atomic E-state index is 0.377. The average molecular weight is 285 g/mol. The third-order valence-electron chi connectivity index (χ3n) is 4.41. The van der Waals surface area contributed by atoms with E-state index in [9.17, 15) is 4.79 Å². The van der Waals surface area contributed by atoms with Crippen LogP contribution in [0.15, 0.2) is 10.6 Å². The summed E-state index contributed by atoms with van der Waals surface area (Å²) in [5.74, 6) is 2.55. The second-order valence-electron chi connectivity index (χ2n) is 5.41. The van der Waals surface area contributed by atoms with Crippen molar-refractivity contribution in [2.24, 2.45) is 17.8 Å². The molecule has 90 valence electrons. The van der Waals surface area contributed by atoms with Crippen LogP contribution in [0, 0.1) is 17.8 Å². The lowest BCUT2D eigenvalue weighted by atomic mass is 9.71. The van der Waals surface area contributed by atoms with Gasteiger partial charge in [-0.1, -0.05) is 22.0 Å². The monoisotopic (exact) mass is 284 g/mol. The highest BCUT2D eigenvalue weighted by Crippen LogP contribution is 2.40. The molecular weight excluding hydrogens is 264 g/mol. The summed E-state index contributed by atoms with van der Waals surface area (Å²) >= 11 is 3.58. The fourth-order valence-corrected chi connectivity index (χ4v) is 3.66. The first kappa shape index (κ1) is 12.3. The molecule has 0 aromatic carbocycles. The van der Waals surface area contributed by atoms with Crippen molar-refractivity contribution in [3.8, 4) is 0 Å². The maximum Gasteiger partial charge on any atom is 0.132 e. The summed E-state index contributed by atoms with van der Waals surface area (Å²) in [5.41, 5.74) is 0. The van der Waals surface area contributed by atoms with E-state index in [0.29, 0.717) is 11.7 Å². The van der Waals surface area contributed by atoms with Gasteiger partial charge in [0.05, 0.1) is 0 Å². The van der Waals surface area contributed by atoms with E-state index in [0.717, 1.165) is 24.7 Å². The van der Waals surface area contributed by atoms with Crippen molar-refractivity contribution in [1.29, 1.82) is 0 Å². The van der Waals surface area contributed by atoms with Gasteiger partial charge in [0.2, 0.25) is 0 Å². The molecule has 0 aromatic heterocycles. The van der Waals surface area contributed by atoms with E-state index in [-0.39, 0.29) is 0 Å². The standard InChI is InChI=1S/C14H21BrO/c1-10(16)11-2-4-12(5-3-11)13-6-8-14(15)9-7-13/h8,11-13H,2-7,9H2,1H3. The molecule has 2 aliphatic carbocycles. The van der Waals surface area contributed by atoms with Crippen LogP contribution in [-0.4, -0.2) is 5.78 Å². The smallest absolute Gasteiger partial charge is 0.132 e. The predicted octanol–water partition coefficient (Wildman–Crippen LogP) is 4.46. The quantitative estimate of drug-likeness (QED) is 0.732. The summed E-state index contributed by atoms with van der Waals surface area (Å²) in [5, 5.41) is 0. The van der Waals surface area contributed by atoms with Crippen molar-refractivity contribution >= 4 is 21.7 Å². The van der Waals surface area contributed by atoms with Gasteiger partial charge in [-0.3, -0.25) is 4.79 Å². The van der Waals surface area contributed by atoms with E-state index in [1.165, 1.54) is 36.6 Å². The van der Waals surface area contributed by atoms with E-state index in [2.05, 4.69) is 22.0 Å². The zero-order valence-corrected chi connectivity index (χ0v) is 11.6. The molecule has 0 spiro atoms. The number of rotatable bonds is 2. The lowest BCUT2D eigenvalue weighted by Gasteiger charge is -2.34. The number of allylic oxidation sites excluding steroid dienone is 2. The molecule has 0 bridgehead atoms. The molecule has 2 aliphatic rings. The Balaban J connectivity index is 1.83. The molecule has 16 heavy (non-hydrogen) atoms. The van der Waals surface area contributed by atoms with Gasteiger partial charge in [-0.25, -0.2) is 0 Å². The zero-order chi connectivity index (χ0) is 11.5. The molecule has 1 unspecified atom stereocenters. The topological polar surface area (TPSA) is 17.1 Å². The summed E-state index contributed by atoms with van der Waals surface area (Å²) in [7, 11) is 0. The summed E-state index contributed by atoms with van der Waals surface area (Å²) in [6.07, 6.45) is 11.0. The molecule has 1 fully saturated rings. The third-order valence-corrected chi connectivity index (χ3v) is 5.13. The number of carbonyl (C=O) groups is 1. The fourth-order valence-electron chi connectivity index (χ4n) is 3.25. The number of hydrogen-bond donors (Lipinski definition) is 0. The Morgan fingerprint density at radius 2 is 1.88 bits per heavy atom. The van der Waals surface area contributed by atoms with Crippen LogP contribution < -0.4 is 0 Å². The minimum absolute atomic E-state index is 0.377. The molecule has 0 aromatic rings. The van der Waals surface area contributed by atoms with Crippen LogP contribution in [0.3, 0.4) is 0 Å². The molecule has 0 aliphatic heterocycles. The SMILES string of the molecule is CC(=O)C1CCC(C2CC=C(Br)CC2)CC1. The summed E-state index contributed by atoms with van der Waals surface area (Å²) in [6.45, 7) is 1.76. The van der Waals surface area contributed by atoms with E-state index in [4.69, 9.17) is 0 Å². The number of carbonyl (C=O) groups excluding carboxylic acids is 1. The average Bonchev–Trinajstić information content (AvgIpc) is 2.30. The highest BCUT2D eigenvalue weighted by molar-refractivity contribution is 9.11. The molecule has 1 saturated carbocycles. The van der Waals surface area contributed by atoms with Crippen LogP contribution in [0.2, 0.25) is 0 Å². The molecule has 0 radical (unpaired) electrons. The number of hydrogen-bond acceptors (Lipinski definition) is 1. The van der Waals surface area contributed by atoms with Gasteiger partial charge in [0.15, 0.2) is 0 Å². The number of ketones is 1. The summed E-state index contributed by atoms with van der Waals surface area (Å²) < 4.78 is 1.39. The first-order valence-electron chi connectivity index (χ1n) is 6.52. The Bertz CT molecular complexity index is 287. The van der Waals surface area contributed by atoms with Crippen molar-refractivity contribution in [2.75, 3.05) is 0 Å². The Morgan fingerprint density at radius 3 is 2.38 bits per heavy atom. The van der Waals surface area contributed by atoms with Crippen molar-refractivity contribution in [2.45, 2.75) is 51.9 Å².